The lowest BCUT2D eigenvalue weighted by Gasteiger charge is -2.39. The SMILES string of the molecule is Cc1ccc(C(=O)OCC(=O)N2C[C@@]3(C)C[C@H]2CC(C)(C)C3)cc1S(=O)(=O)N1CCOCC1. The van der Waals surface area contributed by atoms with Gasteiger partial charge in [0.05, 0.1) is 23.7 Å². The molecule has 0 unspecified atom stereocenters. The summed E-state index contributed by atoms with van der Waals surface area (Å²) in [6.45, 7) is 9.98. The number of sulfonamides is 1. The van der Waals surface area contributed by atoms with Crippen LogP contribution < -0.4 is 0 Å². The zero-order valence-electron chi connectivity index (χ0n) is 19.9. The highest BCUT2D eigenvalue weighted by Gasteiger charge is 2.51. The van der Waals surface area contributed by atoms with E-state index in [1.165, 1.54) is 16.4 Å². The Morgan fingerprint density at radius 1 is 1.15 bits per heavy atom. The van der Waals surface area contributed by atoms with Crippen molar-refractivity contribution in [3.8, 4) is 0 Å². The van der Waals surface area contributed by atoms with E-state index in [2.05, 4.69) is 20.8 Å². The summed E-state index contributed by atoms with van der Waals surface area (Å²) in [6, 6.07) is 4.65. The molecule has 1 aromatic carbocycles. The average molecular weight is 479 g/mol. The third-order valence-corrected chi connectivity index (χ3v) is 9.11. The minimum Gasteiger partial charge on any atom is -0.452 e. The van der Waals surface area contributed by atoms with E-state index in [4.69, 9.17) is 9.47 Å². The summed E-state index contributed by atoms with van der Waals surface area (Å²) in [5.74, 6) is -0.890. The molecule has 1 amide bonds. The number of hydrogen-bond donors (Lipinski definition) is 0. The second-order valence-electron chi connectivity index (χ2n) is 10.8. The Hall–Kier alpha value is -1.97. The fraction of sp³-hybridized carbons (Fsp3) is 0.667. The summed E-state index contributed by atoms with van der Waals surface area (Å²) in [6.07, 6.45) is 3.00. The molecule has 2 bridgehead atoms. The van der Waals surface area contributed by atoms with Crippen LogP contribution in [0.2, 0.25) is 0 Å². The molecular weight excluding hydrogens is 444 g/mol. The van der Waals surface area contributed by atoms with Gasteiger partial charge in [-0.15, -0.1) is 0 Å². The minimum absolute atomic E-state index is 0.0775. The fourth-order valence-corrected chi connectivity index (χ4v) is 7.63. The predicted octanol–water partition coefficient (Wildman–Crippen LogP) is 2.60. The topological polar surface area (TPSA) is 93.2 Å². The summed E-state index contributed by atoms with van der Waals surface area (Å²) in [7, 11) is -3.75. The standard InChI is InChI=1S/C24H34N2O6S/c1-17-5-6-18(11-20(17)33(29,30)25-7-9-31-10-8-25)22(28)32-14-21(27)26-16-24(4)13-19(26)12-23(2,3)15-24/h5-6,11,19H,7-10,12-16H2,1-4H3/t19-,24+/m1/s1. The third-order valence-electron chi connectivity index (χ3n) is 7.07. The number of hydrogen-bond acceptors (Lipinski definition) is 6. The van der Waals surface area contributed by atoms with Gasteiger partial charge in [-0.3, -0.25) is 4.79 Å². The van der Waals surface area contributed by atoms with E-state index < -0.39 is 16.0 Å². The number of rotatable bonds is 5. The van der Waals surface area contributed by atoms with Gasteiger partial charge in [0.25, 0.3) is 5.91 Å². The van der Waals surface area contributed by atoms with Crippen LogP contribution in [0.4, 0.5) is 0 Å². The van der Waals surface area contributed by atoms with E-state index in [9.17, 15) is 18.0 Å². The Kier molecular flexibility index (Phi) is 6.35. The fourth-order valence-electron chi connectivity index (χ4n) is 5.98. The van der Waals surface area contributed by atoms with E-state index >= 15 is 0 Å². The first-order valence-electron chi connectivity index (χ1n) is 11.6. The van der Waals surface area contributed by atoms with Gasteiger partial charge in [-0.2, -0.15) is 4.31 Å². The first kappa shape index (κ1) is 24.2. The maximum Gasteiger partial charge on any atom is 0.338 e. The molecule has 1 saturated carbocycles. The Morgan fingerprint density at radius 3 is 2.55 bits per heavy atom. The molecular formula is C24H34N2O6S. The van der Waals surface area contributed by atoms with Gasteiger partial charge in [0.2, 0.25) is 10.0 Å². The van der Waals surface area contributed by atoms with Gasteiger partial charge in [0.15, 0.2) is 6.61 Å². The summed E-state index contributed by atoms with van der Waals surface area (Å²) in [5.41, 5.74) is 0.960. The average Bonchev–Trinajstić information content (AvgIpc) is 3.01. The van der Waals surface area contributed by atoms with Crippen molar-refractivity contribution in [1.29, 1.82) is 0 Å². The molecule has 4 rings (SSSR count). The highest BCUT2D eigenvalue weighted by atomic mass is 32.2. The predicted molar refractivity (Wildman–Crippen MR) is 122 cm³/mol. The quantitative estimate of drug-likeness (QED) is 0.604. The number of carbonyl (C=O) groups is 2. The van der Waals surface area contributed by atoms with Gasteiger partial charge in [-0.05, 0) is 54.7 Å². The van der Waals surface area contributed by atoms with Gasteiger partial charge in [-0.25, -0.2) is 13.2 Å². The lowest BCUT2D eigenvalue weighted by molar-refractivity contribution is -0.135. The number of fused-ring (bicyclic) bond motifs is 2. The van der Waals surface area contributed by atoms with Gasteiger partial charge in [-0.1, -0.05) is 26.8 Å². The zero-order chi connectivity index (χ0) is 24.0. The molecule has 0 N–H and O–H groups in total. The molecule has 2 heterocycles. The van der Waals surface area contributed by atoms with Crippen molar-refractivity contribution >= 4 is 21.9 Å². The van der Waals surface area contributed by atoms with Gasteiger partial charge in [0.1, 0.15) is 0 Å². The van der Waals surface area contributed by atoms with Crippen LogP contribution in [0, 0.1) is 17.8 Å². The number of aryl methyl sites for hydroxylation is 1. The maximum absolute atomic E-state index is 13.1. The Morgan fingerprint density at radius 2 is 1.85 bits per heavy atom. The van der Waals surface area contributed by atoms with Crippen LogP contribution in [-0.4, -0.2) is 75.0 Å². The molecule has 2 atom stereocenters. The maximum atomic E-state index is 13.1. The van der Waals surface area contributed by atoms with Crippen molar-refractivity contribution in [3.63, 3.8) is 0 Å². The van der Waals surface area contributed by atoms with E-state index in [0.717, 1.165) is 19.3 Å². The number of likely N-dealkylation sites (tertiary alicyclic amines) is 1. The molecule has 9 heteroatoms. The van der Waals surface area contributed by atoms with E-state index in [1.807, 2.05) is 4.90 Å². The van der Waals surface area contributed by atoms with Gasteiger partial charge < -0.3 is 14.4 Å². The van der Waals surface area contributed by atoms with E-state index in [0.29, 0.717) is 25.3 Å². The first-order valence-corrected chi connectivity index (χ1v) is 13.0. The van der Waals surface area contributed by atoms with Crippen LogP contribution in [-0.2, 0) is 24.3 Å². The highest BCUT2D eigenvalue weighted by Crippen LogP contribution is 2.52. The van der Waals surface area contributed by atoms with E-state index in [-0.39, 0.29) is 52.9 Å². The number of ether oxygens (including phenoxy) is 2. The van der Waals surface area contributed by atoms with Crippen LogP contribution in [0.15, 0.2) is 23.1 Å². The summed E-state index contributed by atoms with van der Waals surface area (Å²) in [4.78, 5) is 27.5. The number of esters is 1. The molecule has 1 aromatic rings. The van der Waals surface area contributed by atoms with Crippen molar-refractivity contribution in [3.05, 3.63) is 29.3 Å². The molecule has 3 aliphatic rings. The molecule has 2 aliphatic heterocycles. The number of carbonyl (C=O) groups excluding carboxylic acids is 2. The molecule has 3 fully saturated rings. The smallest absolute Gasteiger partial charge is 0.338 e. The van der Waals surface area contributed by atoms with Crippen molar-refractivity contribution < 1.29 is 27.5 Å². The summed E-state index contributed by atoms with van der Waals surface area (Å²) < 4.78 is 38.1. The van der Waals surface area contributed by atoms with Crippen molar-refractivity contribution in [2.45, 2.75) is 57.9 Å². The molecule has 8 nitrogen and oxygen atoms in total. The number of amides is 1. The van der Waals surface area contributed by atoms with Crippen LogP contribution >= 0.6 is 0 Å². The second-order valence-corrected chi connectivity index (χ2v) is 12.7. The van der Waals surface area contributed by atoms with Crippen molar-refractivity contribution in [2.24, 2.45) is 10.8 Å². The Labute approximate surface area is 196 Å². The largest absolute Gasteiger partial charge is 0.452 e. The molecule has 0 spiro atoms. The number of nitrogens with zero attached hydrogens (tertiary/aromatic N) is 2. The Bertz CT molecular complexity index is 1050. The normalized spacial score (nSPS) is 27.4. The molecule has 0 aromatic heterocycles. The van der Waals surface area contributed by atoms with Gasteiger partial charge >= 0.3 is 5.97 Å². The van der Waals surface area contributed by atoms with Crippen molar-refractivity contribution in [2.75, 3.05) is 39.5 Å². The lowest BCUT2D eigenvalue weighted by Crippen LogP contribution is -2.41. The van der Waals surface area contributed by atoms with Crippen LogP contribution in [0.25, 0.3) is 0 Å². The van der Waals surface area contributed by atoms with Crippen LogP contribution in [0.3, 0.4) is 0 Å². The van der Waals surface area contributed by atoms with Crippen LogP contribution in [0.1, 0.15) is 56.0 Å². The summed E-state index contributed by atoms with van der Waals surface area (Å²) in [5, 5.41) is 0. The molecule has 2 saturated heterocycles. The zero-order valence-corrected chi connectivity index (χ0v) is 20.7. The summed E-state index contributed by atoms with van der Waals surface area (Å²) >= 11 is 0. The first-order chi connectivity index (χ1) is 15.4. The third kappa shape index (κ3) is 4.95. The van der Waals surface area contributed by atoms with Crippen molar-refractivity contribution in [1.82, 2.24) is 9.21 Å². The minimum atomic E-state index is -3.75. The van der Waals surface area contributed by atoms with Gasteiger partial charge in [0, 0.05) is 25.7 Å². The monoisotopic (exact) mass is 478 g/mol. The molecule has 1 aliphatic carbocycles. The Balaban J connectivity index is 1.43. The number of morpholine rings is 1. The van der Waals surface area contributed by atoms with E-state index in [1.54, 1.807) is 13.0 Å². The highest BCUT2D eigenvalue weighted by molar-refractivity contribution is 7.89. The van der Waals surface area contributed by atoms with Crippen LogP contribution in [0.5, 0.6) is 0 Å². The molecule has 182 valence electrons. The second kappa shape index (κ2) is 8.67. The molecule has 0 radical (unpaired) electrons. The lowest BCUT2D eigenvalue weighted by atomic mass is 9.65. The number of benzene rings is 1. The molecule has 33 heavy (non-hydrogen) atoms.